The molecule has 0 fully saturated rings. The molecule has 0 aliphatic carbocycles. The van der Waals surface area contributed by atoms with Gasteiger partial charge in [0, 0.05) is 10.9 Å². The highest BCUT2D eigenvalue weighted by Crippen LogP contribution is 2.18. The van der Waals surface area contributed by atoms with E-state index in [2.05, 4.69) is 21.1 Å². The van der Waals surface area contributed by atoms with Gasteiger partial charge < -0.3 is 9.94 Å². The maximum Gasteiger partial charge on any atom is 0.348 e. The summed E-state index contributed by atoms with van der Waals surface area (Å²) in [6.07, 6.45) is -0.527. The van der Waals surface area contributed by atoms with Crippen molar-refractivity contribution in [1.82, 2.24) is 0 Å². The third-order valence-electron chi connectivity index (χ3n) is 2.12. The number of carboxylic acids is 1. The van der Waals surface area contributed by atoms with Crippen molar-refractivity contribution in [3.63, 3.8) is 0 Å². The first-order chi connectivity index (χ1) is 7.16. The van der Waals surface area contributed by atoms with Crippen LogP contribution in [0.4, 0.5) is 0 Å². The van der Waals surface area contributed by atoms with Crippen LogP contribution in [0.15, 0.2) is 33.9 Å². The largest absolute Gasteiger partial charge is 0.478 e. The number of hydrogen-bond donors (Lipinski definition) is 1. The molecule has 1 aromatic carbocycles. The average Bonchev–Trinajstić information content (AvgIpc) is 2.68. The predicted molar refractivity (Wildman–Crippen MR) is 57.8 cm³/mol. The van der Waals surface area contributed by atoms with Gasteiger partial charge in [-0.25, -0.2) is 4.79 Å². The van der Waals surface area contributed by atoms with Crippen molar-refractivity contribution in [2.75, 3.05) is 0 Å². The van der Waals surface area contributed by atoms with E-state index in [-0.39, 0.29) is 0 Å². The van der Waals surface area contributed by atoms with E-state index >= 15 is 0 Å². The van der Waals surface area contributed by atoms with Crippen molar-refractivity contribution in [3.8, 4) is 0 Å². The van der Waals surface area contributed by atoms with E-state index in [0.29, 0.717) is 12.1 Å². The molecule has 4 nitrogen and oxygen atoms in total. The Hall–Kier alpha value is -1.36. The Bertz CT molecular complexity index is 413. The summed E-state index contributed by atoms with van der Waals surface area (Å²) < 4.78 is 0.973. The number of carbonyl (C=O) groups is 1. The third-order valence-corrected chi connectivity index (χ3v) is 2.65. The first-order valence-electron chi connectivity index (χ1n) is 4.38. The number of aliphatic carboxylic acids is 1. The molecule has 0 saturated heterocycles. The Kier molecular flexibility index (Phi) is 2.73. The fourth-order valence-electron chi connectivity index (χ4n) is 1.32. The second kappa shape index (κ2) is 4.02. The summed E-state index contributed by atoms with van der Waals surface area (Å²) in [4.78, 5) is 15.4. The van der Waals surface area contributed by atoms with Gasteiger partial charge in [0.25, 0.3) is 0 Å². The highest BCUT2D eigenvalue weighted by molar-refractivity contribution is 9.10. The van der Waals surface area contributed by atoms with Crippen molar-refractivity contribution in [2.45, 2.75) is 12.5 Å². The molecule has 0 radical (unpaired) electrons. The van der Waals surface area contributed by atoms with Crippen LogP contribution in [0.25, 0.3) is 0 Å². The summed E-state index contributed by atoms with van der Waals surface area (Å²) in [5.41, 5.74) is 1.57. The fourth-order valence-corrected chi connectivity index (χ4v) is 1.59. The molecule has 1 atom stereocenters. The lowest BCUT2D eigenvalue weighted by atomic mass is 10.1. The molecule has 1 N–H and O–H groups in total. The second-order valence-corrected chi connectivity index (χ2v) is 4.10. The lowest BCUT2D eigenvalue weighted by Gasteiger charge is -2.00. The van der Waals surface area contributed by atoms with E-state index in [0.717, 1.165) is 10.0 Å². The lowest BCUT2D eigenvalue weighted by molar-refractivity contribution is -0.148. The topological polar surface area (TPSA) is 58.9 Å². The van der Waals surface area contributed by atoms with E-state index in [1.54, 1.807) is 0 Å². The van der Waals surface area contributed by atoms with Crippen LogP contribution in [0, 0.1) is 0 Å². The zero-order valence-corrected chi connectivity index (χ0v) is 9.27. The van der Waals surface area contributed by atoms with Crippen molar-refractivity contribution in [1.29, 1.82) is 0 Å². The van der Waals surface area contributed by atoms with E-state index < -0.39 is 12.1 Å². The van der Waals surface area contributed by atoms with Crippen LogP contribution >= 0.6 is 15.9 Å². The monoisotopic (exact) mass is 269 g/mol. The summed E-state index contributed by atoms with van der Waals surface area (Å²) in [5.74, 6) is -0.981. The van der Waals surface area contributed by atoms with Crippen LogP contribution in [0.5, 0.6) is 0 Å². The number of carboxylic acid groups (broad SMARTS) is 1. The average molecular weight is 270 g/mol. The molecule has 5 heteroatoms. The van der Waals surface area contributed by atoms with Gasteiger partial charge in [-0.05, 0) is 17.7 Å². The highest BCUT2D eigenvalue weighted by Gasteiger charge is 2.28. The molecular weight excluding hydrogens is 262 g/mol. The minimum atomic E-state index is -0.981. The minimum Gasteiger partial charge on any atom is -0.478 e. The Balaban J connectivity index is 2.14. The molecule has 0 aromatic heterocycles. The SMILES string of the molecule is O=C(O)C1CC(c2ccc(Br)cc2)=NO1. The van der Waals surface area contributed by atoms with Crippen molar-refractivity contribution >= 4 is 27.6 Å². The second-order valence-electron chi connectivity index (χ2n) is 3.18. The van der Waals surface area contributed by atoms with E-state index in [1.165, 1.54) is 0 Å². The molecule has 0 amide bonds. The number of oxime groups is 1. The number of rotatable bonds is 2. The summed E-state index contributed by atoms with van der Waals surface area (Å²) in [6, 6.07) is 7.50. The number of halogens is 1. The molecule has 78 valence electrons. The van der Waals surface area contributed by atoms with Gasteiger partial charge in [0.1, 0.15) is 0 Å². The van der Waals surface area contributed by atoms with Gasteiger partial charge in [-0.15, -0.1) is 0 Å². The van der Waals surface area contributed by atoms with E-state index in [1.807, 2.05) is 24.3 Å². The van der Waals surface area contributed by atoms with Gasteiger partial charge in [0.15, 0.2) is 0 Å². The van der Waals surface area contributed by atoms with Gasteiger partial charge in [-0.1, -0.05) is 33.2 Å². The van der Waals surface area contributed by atoms with Gasteiger partial charge in [-0.3, -0.25) is 0 Å². The maximum absolute atomic E-state index is 10.6. The van der Waals surface area contributed by atoms with Gasteiger partial charge >= 0.3 is 5.97 Å². The van der Waals surface area contributed by atoms with Gasteiger partial charge in [-0.2, -0.15) is 0 Å². The standard InChI is InChI=1S/C10H8BrNO3/c11-7-3-1-6(2-4-7)8-5-9(10(13)14)15-12-8/h1-4,9H,5H2,(H,13,14). The smallest absolute Gasteiger partial charge is 0.348 e. The number of benzene rings is 1. The van der Waals surface area contributed by atoms with Crippen LogP contribution in [-0.4, -0.2) is 22.9 Å². The predicted octanol–water partition coefficient (Wildman–Crippen LogP) is 2.03. The molecule has 0 spiro atoms. The molecule has 1 aliphatic rings. The highest BCUT2D eigenvalue weighted by atomic mass is 79.9. The first-order valence-corrected chi connectivity index (χ1v) is 5.17. The van der Waals surface area contributed by atoms with E-state index in [4.69, 9.17) is 9.94 Å². The Morgan fingerprint density at radius 3 is 2.67 bits per heavy atom. The number of nitrogens with zero attached hydrogens (tertiary/aromatic N) is 1. The number of hydrogen-bond acceptors (Lipinski definition) is 3. The van der Waals surface area contributed by atoms with Crippen LogP contribution in [-0.2, 0) is 9.63 Å². The van der Waals surface area contributed by atoms with Crippen LogP contribution in [0.1, 0.15) is 12.0 Å². The minimum absolute atomic E-state index is 0.316. The molecule has 1 unspecified atom stereocenters. The molecule has 0 bridgehead atoms. The fraction of sp³-hybridized carbons (Fsp3) is 0.200. The molecule has 2 rings (SSSR count). The third kappa shape index (κ3) is 2.18. The molecular formula is C10H8BrNO3. The normalized spacial score (nSPS) is 19.5. The summed E-state index contributed by atoms with van der Waals surface area (Å²) in [5, 5.41) is 12.5. The Morgan fingerprint density at radius 1 is 1.47 bits per heavy atom. The van der Waals surface area contributed by atoms with Gasteiger partial charge in [0.05, 0.1) is 5.71 Å². The van der Waals surface area contributed by atoms with Crippen molar-refractivity contribution in [3.05, 3.63) is 34.3 Å². The summed E-state index contributed by atoms with van der Waals surface area (Å²) >= 11 is 3.32. The summed E-state index contributed by atoms with van der Waals surface area (Å²) in [7, 11) is 0. The van der Waals surface area contributed by atoms with Crippen LogP contribution < -0.4 is 0 Å². The van der Waals surface area contributed by atoms with Crippen LogP contribution in [0.3, 0.4) is 0 Å². The molecule has 1 heterocycles. The molecule has 1 aliphatic heterocycles. The zero-order valence-electron chi connectivity index (χ0n) is 7.68. The Morgan fingerprint density at radius 2 is 2.13 bits per heavy atom. The summed E-state index contributed by atoms with van der Waals surface area (Å²) in [6.45, 7) is 0. The lowest BCUT2D eigenvalue weighted by Crippen LogP contribution is -2.19. The first kappa shape index (κ1) is 10.2. The zero-order chi connectivity index (χ0) is 10.8. The molecule has 0 saturated carbocycles. The van der Waals surface area contributed by atoms with Crippen molar-refractivity contribution in [2.24, 2.45) is 5.16 Å². The molecule has 1 aromatic rings. The quantitative estimate of drug-likeness (QED) is 0.894. The van der Waals surface area contributed by atoms with Crippen molar-refractivity contribution < 1.29 is 14.7 Å². The maximum atomic E-state index is 10.6. The molecule has 15 heavy (non-hydrogen) atoms. The van der Waals surface area contributed by atoms with Gasteiger partial charge in [0.2, 0.25) is 6.10 Å². The van der Waals surface area contributed by atoms with E-state index in [9.17, 15) is 4.79 Å². The van der Waals surface area contributed by atoms with Crippen LogP contribution in [0.2, 0.25) is 0 Å². The Labute approximate surface area is 94.7 Å².